The standard InChI is InChI=1S/C35H20F8N2O/c1-13-14(2)21(16(4)35(15(13)3)45-17-9-5-7-11-19(17)46-20-12-8-6-10-18(20)45)22-23-25(36)27(38)29(40)31(42)33(23)44-34-24(22)26(37)28(39)30(41)32(34)43/h5-12H,1-4H3. The van der Waals surface area contributed by atoms with Gasteiger partial charge < -0.3 is 9.64 Å². The molecule has 0 fully saturated rings. The molecule has 0 unspecified atom stereocenters. The van der Waals surface area contributed by atoms with E-state index in [0.717, 1.165) is 0 Å². The summed E-state index contributed by atoms with van der Waals surface area (Å²) in [5.41, 5.74) is 0.127. The maximum Gasteiger partial charge on any atom is 0.199 e. The maximum absolute atomic E-state index is 15.8. The lowest BCUT2D eigenvalue weighted by atomic mass is 9.84. The van der Waals surface area contributed by atoms with Gasteiger partial charge in [0.25, 0.3) is 0 Å². The summed E-state index contributed by atoms with van der Waals surface area (Å²) < 4.78 is 127. The van der Waals surface area contributed by atoms with Crippen LogP contribution in [0.2, 0.25) is 0 Å². The second-order valence-corrected chi connectivity index (χ2v) is 11.0. The van der Waals surface area contributed by atoms with E-state index in [1.165, 1.54) is 0 Å². The Morgan fingerprint density at radius 2 is 0.913 bits per heavy atom. The molecule has 1 aliphatic rings. The molecule has 0 atom stereocenters. The first kappa shape index (κ1) is 29.5. The highest BCUT2D eigenvalue weighted by atomic mass is 19.2. The normalized spacial score (nSPS) is 12.5. The van der Waals surface area contributed by atoms with Gasteiger partial charge in [-0.1, -0.05) is 24.3 Å². The summed E-state index contributed by atoms with van der Waals surface area (Å²) in [6, 6.07) is 14.1. The van der Waals surface area contributed by atoms with Gasteiger partial charge in [-0.3, -0.25) is 0 Å². The van der Waals surface area contributed by atoms with E-state index in [2.05, 4.69) is 4.98 Å². The van der Waals surface area contributed by atoms with E-state index in [4.69, 9.17) is 4.74 Å². The van der Waals surface area contributed by atoms with Gasteiger partial charge >= 0.3 is 0 Å². The van der Waals surface area contributed by atoms with E-state index in [1.807, 2.05) is 4.90 Å². The fourth-order valence-electron chi connectivity index (χ4n) is 6.38. The molecule has 0 saturated carbocycles. The lowest BCUT2D eigenvalue weighted by molar-refractivity contribution is 0.414. The molecule has 7 rings (SSSR count). The van der Waals surface area contributed by atoms with Crippen molar-refractivity contribution >= 4 is 38.9 Å². The molecule has 0 aliphatic carbocycles. The van der Waals surface area contributed by atoms with Crippen molar-refractivity contribution in [2.24, 2.45) is 0 Å². The number of rotatable bonds is 2. The van der Waals surface area contributed by atoms with Crippen LogP contribution in [-0.2, 0) is 0 Å². The SMILES string of the molecule is Cc1c(C)c(-c2c3c(F)c(F)c(F)c(F)c3nc3c(F)c(F)c(F)c(F)c23)c(C)c(N2c3ccccc3Oc3ccccc32)c1C. The van der Waals surface area contributed by atoms with Gasteiger partial charge in [0.15, 0.2) is 58.0 Å². The molecule has 232 valence electrons. The molecule has 0 N–H and O–H groups in total. The summed E-state index contributed by atoms with van der Waals surface area (Å²) in [6.07, 6.45) is 0. The van der Waals surface area contributed by atoms with Gasteiger partial charge in [0, 0.05) is 5.56 Å². The number of para-hydroxylation sites is 4. The Kier molecular flexibility index (Phi) is 6.52. The highest BCUT2D eigenvalue weighted by Gasteiger charge is 2.35. The fraction of sp³-hybridized carbons (Fsp3) is 0.114. The Bertz CT molecular complexity index is 2210. The third-order valence-corrected chi connectivity index (χ3v) is 8.70. The van der Waals surface area contributed by atoms with Crippen LogP contribution >= 0.6 is 0 Å². The van der Waals surface area contributed by atoms with Crippen LogP contribution in [0.25, 0.3) is 32.9 Å². The Hall–Kier alpha value is -5.19. The number of hydrogen-bond acceptors (Lipinski definition) is 3. The number of aromatic nitrogens is 1. The van der Waals surface area contributed by atoms with Crippen molar-refractivity contribution in [1.82, 2.24) is 4.98 Å². The average Bonchev–Trinajstić information content (AvgIpc) is 3.06. The molecule has 0 amide bonds. The van der Waals surface area contributed by atoms with E-state index in [-0.39, 0.29) is 11.1 Å². The molecule has 0 spiro atoms. The number of ether oxygens (including phenoxy) is 1. The van der Waals surface area contributed by atoms with Gasteiger partial charge in [0.1, 0.15) is 11.0 Å². The Morgan fingerprint density at radius 1 is 0.478 bits per heavy atom. The zero-order valence-corrected chi connectivity index (χ0v) is 24.4. The summed E-state index contributed by atoms with van der Waals surface area (Å²) in [4.78, 5) is 5.32. The molecule has 3 nitrogen and oxygen atoms in total. The molecule has 0 saturated heterocycles. The third kappa shape index (κ3) is 3.80. The minimum atomic E-state index is -2.26. The molecular weight excluding hydrogens is 616 g/mol. The first-order valence-electron chi connectivity index (χ1n) is 13.9. The van der Waals surface area contributed by atoms with Gasteiger partial charge in [-0.15, -0.1) is 0 Å². The molecule has 0 radical (unpaired) electrons. The predicted octanol–water partition coefficient (Wildman–Crippen LogP) is 11.0. The van der Waals surface area contributed by atoms with Crippen molar-refractivity contribution in [2.75, 3.05) is 4.90 Å². The highest BCUT2D eigenvalue weighted by molar-refractivity contribution is 6.12. The van der Waals surface area contributed by atoms with E-state index < -0.39 is 73.9 Å². The van der Waals surface area contributed by atoms with E-state index in [9.17, 15) is 17.6 Å². The molecule has 2 heterocycles. The van der Waals surface area contributed by atoms with E-state index in [1.54, 1.807) is 76.2 Å². The third-order valence-electron chi connectivity index (χ3n) is 8.70. The fourth-order valence-corrected chi connectivity index (χ4v) is 6.38. The molecule has 1 aromatic heterocycles. The summed E-state index contributed by atoms with van der Waals surface area (Å²) in [7, 11) is 0. The summed E-state index contributed by atoms with van der Waals surface area (Å²) in [5.74, 6) is -16.0. The molecule has 1 aliphatic heterocycles. The zero-order chi connectivity index (χ0) is 32.9. The minimum Gasteiger partial charge on any atom is -0.453 e. The number of halogens is 8. The van der Waals surface area contributed by atoms with Crippen molar-refractivity contribution in [3.63, 3.8) is 0 Å². The van der Waals surface area contributed by atoms with Crippen molar-refractivity contribution in [1.29, 1.82) is 0 Å². The van der Waals surface area contributed by atoms with Crippen LogP contribution in [-0.4, -0.2) is 4.98 Å². The Morgan fingerprint density at radius 3 is 1.39 bits per heavy atom. The molecule has 46 heavy (non-hydrogen) atoms. The minimum absolute atomic E-state index is 0.0782. The summed E-state index contributed by atoms with van der Waals surface area (Å²) >= 11 is 0. The second-order valence-electron chi connectivity index (χ2n) is 11.0. The monoisotopic (exact) mass is 636 g/mol. The van der Waals surface area contributed by atoms with Crippen molar-refractivity contribution in [3.8, 4) is 22.6 Å². The van der Waals surface area contributed by atoms with Gasteiger partial charge in [-0.05, 0) is 79.8 Å². The number of nitrogens with zero attached hydrogens (tertiary/aromatic N) is 2. The lowest BCUT2D eigenvalue weighted by Gasteiger charge is -2.36. The van der Waals surface area contributed by atoms with E-state index in [0.29, 0.717) is 45.3 Å². The van der Waals surface area contributed by atoms with Crippen molar-refractivity contribution in [3.05, 3.63) is 117 Å². The molecule has 0 bridgehead atoms. The van der Waals surface area contributed by atoms with Crippen LogP contribution in [0.15, 0.2) is 48.5 Å². The maximum atomic E-state index is 15.8. The summed E-state index contributed by atoms with van der Waals surface area (Å²) in [6.45, 7) is 6.60. The number of pyridine rings is 1. The molecular formula is C35H20F8N2O. The smallest absolute Gasteiger partial charge is 0.199 e. The van der Waals surface area contributed by atoms with Crippen molar-refractivity contribution in [2.45, 2.75) is 27.7 Å². The predicted molar refractivity (Wildman–Crippen MR) is 158 cm³/mol. The second kappa shape index (κ2) is 10.2. The van der Waals surface area contributed by atoms with Crippen LogP contribution in [0, 0.1) is 74.2 Å². The van der Waals surface area contributed by atoms with E-state index >= 15 is 17.6 Å². The lowest BCUT2D eigenvalue weighted by Crippen LogP contribution is -2.19. The van der Waals surface area contributed by atoms with Crippen LogP contribution in [0.4, 0.5) is 52.2 Å². The highest BCUT2D eigenvalue weighted by Crippen LogP contribution is 2.54. The van der Waals surface area contributed by atoms with Crippen molar-refractivity contribution < 1.29 is 39.9 Å². The Balaban J connectivity index is 1.73. The molecule has 6 aromatic rings. The van der Waals surface area contributed by atoms with Crippen LogP contribution < -0.4 is 9.64 Å². The van der Waals surface area contributed by atoms with Crippen LogP contribution in [0.3, 0.4) is 0 Å². The largest absolute Gasteiger partial charge is 0.453 e. The molecule has 5 aromatic carbocycles. The first-order chi connectivity index (χ1) is 21.9. The number of benzene rings is 5. The number of anilines is 3. The zero-order valence-electron chi connectivity index (χ0n) is 24.4. The van der Waals surface area contributed by atoms with Crippen LogP contribution in [0.5, 0.6) is 11.5 Å². The van der Waals surface area contributed by atoms with Crippen LogP contribution in [0.1, 0.15) is 22.3 Å². The number of hydrogen-bond donors (Lipinski definition) is 0. The van der Waals surface area contributed by atoms with Gasteiger partial charge in [-0.25, -0.2) is 40.1 Å². The van der Waals surface area contributed by atoms with Gasteiger partial charge in [0.2, 0.25) is 0 Å². The quantitative estimate of drug-likeness (QED) is 0.0817. The first-order valence-corrected chi connectivity index (χ1v) is 13.9. The topological polar surface area (TPSA) is 25.4 Å². The summed E-state index contributed by atoms with van der Waals surface area (Å²) in [5, 5.41) is -2.15. The molecule has 11 heteroatoms. The number of fused-ring (bicyclic) bond motifs is 4. The Labute approximate surface area is 256 Å². The van der Waals surface area contributed by atoms with Gasteiger partial charge in [0.05, 0.1) is 27.8 Å². The average molecular weight is 637 g/mol. The van der Waals surface area contributed by atoms with Gasteiger partial charge in [-0.2, -0.15) is 0 Å².